The van der Waals surface area contributed by atoms with E-state index in [2.05, 4.69) is 32.2 Å². The van der Waals surface area contributed by atoms with E-state index >= 15 is 0 Å². The molecule has 92 valence electrons. The summed E-state index contributed by atoms with van der Waals surface area (Å²) in [6.45, 7) is 7.71. The Balaban J connectivity index is 2.35. The second-order valence-electron chi connectivity index (χ2n) is 4.09. The Kier molecular flexibility index (Phi) is 6.65. The number of hydrogen-bond donors (Lipinski definition) is 1. The van der Waals surface area contributed by atoms with Crippen LogP contribution in [0, 0.1) is 0 Å². The quantitative estimate of drug-likeness (QED) is 0.756. The molecule has 0 fully saturated rings. The summed E-state index contributed by atoms with van der Waals surface area (Å²) in [7, 11) is 0. The van der Waals surface area contributed by atoms with E-state index in [9.17, 15) is 0 Å². The van der Waals surface area contributed by atoms with Crippen molar-refractivity contribution in [2.45, 2.75) is 44.9 Å². The van der Waals surface area contributed by atoms with Crippen LogP contribution in [0.25, 0.3) is 0 Å². The molecule has 2 nitrogen and oxygen atoms in total. The second kappa shape index (κ2) is 7.80. The lowest BCUT2D eigenvalue weighted by Crippen LogP contribution is -2.33. The molecule has 0 aromatic carbocycles. The van der Waals surface area contributed by atoms with E-state index in [1.165, 1.54) is 6.42 Å². The topological polar surface area (TPSA) is 25.2 Å². The first-order valence-corrected chi connectivity index (χ1v) is 7.18. The van der Waals surface area contributed by atoms with Gasteiger partial charge in [-0.05, 0) is 25.1 Å². The predicted octanol–water partition coefficient (Wildman–Crippen LogP) is 3.33. The molecule has 1 rings (SSSR count). The van der Waals surface area contributed by atoms with Crippen molar-refractivity contribution >= 4 is 11.8 Å². The zero-order valence-corrected chi connectivity index (χ0v) is 11.3. The maximum absolute atomic E-state index is 5.39. The van der Waals surface area contributed by atoms with Crippen molar-refractivity contribution < 1.29 is 4.42 Å². The Labute approximate surface area is 103 Å². The molecule has 0 bridgehead atoms. The first-order chi connectivity index (χ1) is 7.76. The van der Waals surface area contributed by atoms with Gasteiger partial charge in [-0.1, -0.05) is 20.8 Å². The van der Waals surface area contributed by atoms with Crippen molar-refractivity contribution in [1.29, 1.82) is 0 Å². The first kappa shape index (κ1) is 13.7. The van der Waals surface area contributed by atoms with Crippen LogP contribution in [0.5, 0.6) is 0 Å². The molecule has 1 aromatic rings. The second-order valence-corrected chi connectivity index (χ2v) is 5.56. The van der Waals surface area contributed by atoms with Crippen molar-refractivity contribution in [3.05, 3.63) is 24.2 Å². The summed E-state index contributed by atoms with van der Waals surface area (Å²) in [5.74, 6) is 2.24. The van der Waals surface area contributed by atoms with Gasteiger partial charge in [0.05, 0.1) is 6.26 Å². The van der Waals surface area contributed by atoms with E-state index in [1.54, 1.807) is 6.26 Å². The normalized spacial score (nSPS) is 14.9. The Morgan fingerprint density at radius 2 is 2.25 bits per heavy atom. The molecule has 1 aromatic heterocycles. The summed E-state index contributed by atoms with van der Waals surface area (Å²) in [5, 5.41) is 4.27. The molecule has 0 aliphatic carbocycles. The highest BCUT2D eigenvalue weighted by atomic mass is 32.2. The number of thioether (sulfide) groups is 1. The monoisotopic (exact) mass is 241 g/mol. The standard InChI is InChI=1S/C13H23NOS/c1-4-11(3)16-10-12(14-5-2)9-13-7-6-8-15-13/h6-8,11-12,14H,4-5,9-10H2,1-3H3. The number of likely N-dealkylation sites (N-methyl/N-ethyl adjacent to an activating group) is 1. The molecule has 1 N–H and O–H groups in total. The molecular weight excluding hydrogens is 218 g/mol. The fourth-order valence-electron chi connectivity index (χ4n) is 1.55. The summed E-state index contributed by atoms with van der Waals surface area (Å²) < 4.78 is 5.39. The van der Waals surface area contributed by atoms with Crippen LogP contribution in [-0.4, -0.2) is 23.6 Å². The molecule has 0 saturated carbocycles. The van der Waals surface area contributed by atoms with Crippen LogP contribution in [0.2, 0.25) is 0 Å². The minimum absolute atomic E-state index is 0.523. The average Bonchev–Trinajstić information content (AvgIpc) is 2.78. The lowest BCUT2D eigenvalue weighted by molar-refractivity contribution is 0.465. The fraction of sp³-hybridized carbons (Fsp3) is 0.692. The Bertz CT molecular complexity index is 261. The highest BCUT2D eigenvalue weighted by Gasteiger charge is 2.11. The van der Waals surface area contributed by atoms with Crippen molar-refractivity contribution in [2.24, 2.45) is 0 Å². The smallest absolute Gasteiger partial charge is 0.105 e. The van der Waals surface area contributed by atoms with Gasteiger partial charge in [0.15, 0.2) is 0 Å². The summed E-state index contributed by atoms with van der Waals surface area (Å²) in [4.78, 5) is 0. The molecule has 0 spiro atoms. The van der Waals surface area contributed by atoms with Gasteiger partial charge in [0.1, 0.15) is 5.76 Å². The van der Waals surface area contributed by atoms with Gasteiger partial charge < -0.3 is 9.73 Å². The van der Waals surface area contributed by atoms with E-state index in [0.717, 1.165) is 29.7 Å². The van der Waals surface area contributed by atoms with Crippen LogP contribution < -0.4 is 5.32 Å². The molecule has 0 saturated heterocycles. The third-order valence-corrected chi connectivity index (χ3v) is 4.17. The van der Waals surface area contributed by atoms with Crippen LogP contribution in [0.3, 0.4) is 0 Å². The molecule has 3 heteroatoms. The molecule has 1 heterocycles. The molecule has 0 aliphatic rings. The SMILES string of the molecule is CCNC(CSC(C)CC)Cc1ccco1. The van der Waals surface area contributed by atoms with Gasteiger partial charge in [-0.15, -0.1) is 0 Å². The number of hydrogen-bond acceptors (Lipinski definition) is 3. The van der Waals surface area contributed by atoms with E-state index in [4.69, 9.17) is 4.42 Å². The molecule has 0 amide bonds. The predicted molar refractivity (Wildman–Crippen MR) is 72.1 cm³/mol. The van der Waals surface area contributed by atoms with E-state index in [0.29, 0.717) is 6.04 Å². The molecule has 16 heavy (non-hydrogen) atoms. The molecular formula is C13H23NOS. The van der Waals surface area contributed by atoms with E-state index in [-0.39, 0.29) is 0 Å². The summed E-state index contributed by atoms with van der Waals surface area (Å²) in [5.41, 5.74) is 0. The minimum Gasteiger partial charge on any atom is -0.469 e. The van der Waals surface area contributed by atoms with Gasteiger partial charge in [-0.25, -0.2) is 0 Å². The lowest BCUT2D eigenvalue weighted by atomic mass is 10.2. The first-order valence-electron chi connectivity index (χ1n) is 6.13. The highest BCUT2D eigenvalue weighted by molar-refractivity contribution is 7.99. The molecule has 2 atom stereocenters. The maximum atomic E-state index is 5.39. The van der Waals surface area contributed by atoms with Gasteiger partial charge in [0.2, 0.25) is 0 Å². The van der Waals surface area contributed by atoms with Crippen LogP contribution in [0.4, 0.5) is 0 Å². The maximum Gasteiger partial charge on any atom is 0.105 e. The number of furan rings is 1. The zero-order valence-electron chi connectivity index (χ0n) is 10.5. The largest absolute Gasteiger partial charge is 0.469 e. The summed E-state index contributed by atoms with van der Waals surface area (Å²) in [6, 6.07) is 4.54. The Morgan fingerprint density at radius 3 is 2.81 bits per heavy atom. The Hall–Kier alpha value is -0.410. The molecule has 2 unspecified atom stereocenters. The van der Waals surface area contributed by atoms with Gasteiger partial charge in [-0.2, -0.15) is 11.8 Å². The van der Waals surface area contributed by atoms with E-state index in [1.807, 2.05) is 17.8 Å². The van der Waals surface area contributed by atoms with Crippen LogP contribution in [0.15, 0.2) is 22.8 Å². The van der Waals surface area contributed by atoms with Crippen LogP contribution in [0.1, 0.15) is 33.0 Å². The Morgan fingerprint density at radius 1 is 1.44 bits per heavy atom. The summed E-state index contributed by atoms with van der Waals surface area (Å²) in [6.07, 6.45) is 3.98. The number of rotatable bonds is 8. The third-order valence-electron chi connectivity index (χ3n) is 2.68. The number of nitrogens with one attached hydrogen (secondary N) is 1. The van der Waals surface area contributed by atoms with Crippen molar-refractivity contribution in [3.63, 3.8) is 0 Å². The van der Waals surface area contributed by atoms with Crippen molar-refractivity contribution in [2.75, 3.05) is 12.3 Å². The average molecular weight is 241 g/mol. The molecule has 0 aliphatic heterocycles. The van der Waals surface area contributed by atoms with Crippen molar-refractivity contribution in [1.82, 2.24) is 5.32 Å². The molecule has 0 radical (unpaired) electrons. The van der Waals surface area contributed by atoms with Crippen LogP contribution >= 0.6 is 11.8 Å². The van der Waals surface area contributed by atoms with E-state index < -0.39 is 0 Å². The highest BCUT2D eigenvalue weighted by Crippen LogP contribution is 2.16. The van der Waals surface area contributed by atoms with Crippen molar-refractivity contribution in [3.8, 4) is 0 Å². The van der Waals surface area contributed by atoms with Crippen LogP contribution in [-0.2, 0) is 6.42 Å². The van der Waals surface area contributed by atoms with Gasteiger partial charge in [0, 0.05) is 23.5 Å². The summed E-state index contributed by atoms with van der Waals surface area (Å²) >= 11 is 2.04. The fourth-order valence-corrected chi connectivity index (χ4v) is 2.58. The van der Waals surface area contributed by atoms with Gasteiger partial charge >= 0.3 is 0 Å². The third kappa shape index (κ3) is 5.08. The van der Waals surface area contributed by atoms with Gasteiger partial charge in [0.25, 0.3) is 0 Å². The zero-order chi connectivity index (χ0) is 11.8. The lowest BCUT2D eigenvalue weighted by Gasteiger charge is -2.18. The van der Waals surface area contributed by atoms with Gasteiger partial charge in [-0.3, -0.25) is 0 Å². The minimum atomic E-state index is 0.523.